The Morgan fingerprint density at radius 2 is 2.10 bits per heavy atom. The Labute approximate surface area is 182 Å². The van der Waals surface area contributed by atoms with Crippen LogP contribution in [0, 0.1) is 17.2 Å². The third kappa shape index (κ3) is 4.76. The summed E-state index contributed by atoms with van der Waals surface area (Å²) in [7, 11) is 0. The number of benzene rings is 2. The third-order valence-electron chi connectivity index (χ3n) is 5.47. The molecule has 30 heavy (non-hydrogen) atoms. The number of nitrogens with zero attached hydrogens (tertiary/aromatic N) is 3. The van der Waals surface area contributed by atoms with Gasteiger partial charge in [-0.05, 0) is 67.8 Å². The van der Waals surface area contributed by atoms with Crippen molar-refractivity contribution in [1.29, 1.82) is 5.26 Å². The van der Waals surface area contributed by atoms with Crippen molar-refractivity contribution in [3.8, 4) is 17.2 Å². The smallest absolute Gasteiger partial charge is 0.0992 e. The van der Waals surface area contributed by atoms with Crippen LogP contribution in [0.25, 0.3) is 22.0 Å². The van der Waals surface area contributed by atoms with E-state index in [1.165, 1.54) is 22.9 Å². The molecule has 0 aliphatic carbocycles. The minimum absolute atomic E-state index is 0.655. The molecule has 0 saturated carbocycles. The number of H-pyrrole nitrogens is 1. The van der Waals surface area contributed by atoms with E-state index in [1.54, 1.807) is 18.2 Å². The average molecular weight is 416 g/mol. The molecule has 0 spiro atoms. The summed E-state index contributed by atoms with van der Waals surface area (Å²) < 4.78 is 2.39. The lowest BCUT2D eigenvalue weighted by molar-refractivity contribution is 0.483. The molecule has 1 fully saturated rings. The maximum absolute atomic E-state index is 8.38. The largest absolute Gasteiger partial charge is 0.347 e. The van der Waals surface area contributed by atoms with Crippen molar-refractivity contribution in [2.75, 3.05) is 6.54 Å². The molecule has 2 aromatic carbocycles. The van der Waals surface area contributed by atoms with Crippen LogP contribution in [-0.2, 0) is 6.54 Å². The van der Waals surface area contributed by atoms with Gasteiger partial charge in [0.05, 0.1) is 17.8 Å². The summed E-state index contributed by atoms with van der Waals surface area (Å²) in [4.78, 5) is 0.828. The van der Waals surface area contributed by atoms with Gasteiger partial charge < -0.3 is 9.88 Å². The van der Waals surface area contributed by atoms with E-state index in [4.69, 9.17) is 5.26 Å². The second-order valence-electron chi connectivity index (χ2n) is 7.80. The highest BCUT2D eigenvalue weighted by Crippen LogP contribution is 2.26. The molecule has 2 aromatic heterocycles. The zero-order valence-corrected chi connectivity index (χ0v) is 17.8. The Morgan fingerprint density at radius 1 is 1.20 bits per heavy atom. The second kappa shape index (κ2) is 9.21. The number of thiol groups is 1. The van der Waals surface area contributed by atoms with E-state index in [0.717, 1.165) is 29.5 Å². The number of hydrogen-bond donors (Lipinski definition) is 3. The molecule has 0 radical (unpaired) electrons. The number of nitrogens with one attached hydrogen (secondary N) is 2. The summed E-state index contributed by atoms with van der Waals surface area (Å²) in [6.07, 6.45) is 7.28. The molecule has 2 unspecified atom stereocenters. The first-order valence-corrected chi connectivity index (χ1v) is 10.6. The van der Waals surface area contributed by atoms with Crippen LogP contribution in [0.5, 0.6) is 0 Å². The van der Waals surface area contributed by atoms with Gasteiger partial charge in [-0.3, -0.25) is 5.10 Å². The van der Waals surface area contributed by atoms with Gasteiger partial charge in [-0.15, -0.1) is 12.6 Å². The molecular weight excluding hydrogens is 390 g/mol. The zero-order chi connectivity index (χ0) is 20.9. The molecule has 0 amide bonds. The highest BCUT2D eigenvalue weighted by molar-refractivity contribution is 7.80. The van der Waals surface area contributed by atoms with Crippen LogP contribution in [0.15, 0.2) is 72.0 Å². The van der Waals surface area contributed by atoms with Crippen LogP contribution in [0.3, 0.4) is 0 Å². The Bertz CT molecular complexity index is 1160. The van der Waals surface area contributed by atoms with Crippen molar-refractivity contribution in [2.45, 2.75) is 30.8 Å². The zero-order valence-electron chi connectivity index (χ0n) is 16.9. The van der Waals surface area contributed by atoms with Crippen molar-refractivity contribution in [2.24, 2.45) is 5.92 Å². The van der Waals surface area contributed by atoms with Gasteiger partial charge in [0, 0.05) is 46.3 Å². The molecule has 5 rings (SSSR count). The first-order chi connectivity index (χ1) is 14.6. The van der Waals surface area contributed by atoms with Crippen LogP contribution in [0.1, 0.15) is 18.9 Å². The van der Waals surface area contributed by atoms with Crippen LogP contribution < -0.4 is 5.32 Å². The maximum Gasteiger partial charge on any atom is 0.0992 e. The van der Waals surface area contributed by atoms with E-state index in [-0.39, 0.29) is 0 Å². The van der Waals surface area contributed by atoms with E-state index in [1.807, 2.05) is 24.5 Å². The Balaban J connectivity index is 0.000000204. The fourth-order valence-corrected chi connectivity index (χ4v) is 4.20. The molecule has 5 nitrogen and oxygen atoms in total. The Kier molecular flexibility index (Phi) is 6.22. The van der Waals surface area contributed by atoms with Crippen LogP contribution >= 0.6 is 12.6 Å². The van der Waals surface area contributed by atoms with Crippen LogP contribution in [0.4, 0.5) is 0 Å². The van der Waals surface area contributed by atoms with E-state index in [9.17, 15) is 0 Å². The van der Waals surface area contributed by atoms with E-state index >= 15 is 0 Å². The van der Waals surface area contributed by atoms with Gasteiger partial charge in [0.1, 0.15) is 0 Å². The van der Waals surface area contributed by atoms with Crippen molar-refractivity contribution in [3.63, 3.8) is 0 Å². The molecule has 1 aliphatic heterocycles. The second-order valence-corrected chi connectivity index (χ2v) is 8.32. The van der Waals surface area contributed by atoms with Gasteiger partial charge in [0.2, 0.25) is 0 Å². The highest BCUT2D eigenvalue weighted by atomic mass is 32.1. The molecule has 4 aromatic rings. The summed E-state index contributed by atoms with van der Waals surface area (Å²) >= 11 is 4.06. The van der Waals surface area contributed by atoms with E-state index < -0.39 is 0 Å². The predicted molar refractivity (Wildman–Crippen MR) is 124 cm³/mol. The summed E-state index contributed by atoms with van der Waals surface area (Å²) in [5.74, 6) is 0.740. The van der Waals surface area contributed by atoms with Gasteiger partial charge >= 0.3 is 0 Å². The van der Waals surface area contributed by atoms with Gasteiger partial charge in [-0.1, -0.05) is 12.1 Å². The summed E-state index contributed by atoms with van der Waals surface area (Å²) in [6.45, 7) is 4.50. The van der Waals surface area contributed by atoms with Gasteiger partial charge in [-0.2, -0.15) is 10.4 Å². The summed E-state index contributed by atoms with van der Waals surface area (Å²) in [5, 5.41) is 20.1. The molecule has 3 heterocycles. The highest BCUT2D eigenvalue weighted by Gasteiger charge is 2.21. The first kappa shape index (κ1) is 20.3. The molecule has 2 N–H and O–H groups in total. The lowest BCUT2D eigenvalue weighted by Crippen LogP contribution is -2.17. The minimum atomic E-state index is 0.655. The fourth-order valence-electron chi connectivity index (χ4n) is 3.97. The van der Waals surface area contributed by atoms with Gasteiger partial charge in [0.15, 0.2) is 0 Å². The molecule has 2 atom stereocenters. The predicted octanol–water partition coefficient (Wildman–Crippen LogP) is 4.88. The number of rotatable bonds is 3. The Morgan fingerprint density at radius 3 is 2.77 bits per heavy atom. The quantitative estimate of drug-likeness (QED) is 0.418. The van der Waals surface area contributed by atoms with Crippen molar-refractivity contribution in [3.05, 3.63) is 72.7 Å². The molecule has 1 aliphatic rings. The molecule has 1 saturated heterocycles. The lowest BCUT2D eigenvalue weighted by Gasteiger charge is -2.11. The number of fused-ring (bicyclic) bond motifs is 1. The third-order valence-corrected chi connectivity index (χ3v) is 5.75. The standard InChI is InChI=1S/C17H20N4.C7H5NS/c1-12-6-13(8-18-12)11-21-5-4-15-7-14(2-3-17(15)21)16-9-19-20-10-16;8-5-6-2-1-3-7(9)4-6/h2-5,7,9-10,12-13,18H,6,8,11H2,1H3,(H,19,20);1-4,9H. The summed E-state index contributed by atoms with van der Waals surface area (Å²) in [5.41, 5.74) is 4.33. The van der Waals surface area contributed by atoms with Gasteiger partial charge in [-0.25, -0.2) is 0 Å². The van der Waals surface area contributed by atoms with Crippen molar-refractivity contribution in [1.82, 2.24) is 20.1 Å². The SMILES string of the molecule is CC1CC(Cn2ccc3cc(-c4cn[nH]c4)ccc32)CN1.N#Cc1cccc(S)c1. The van der Waals surface area contributed by atoms with Crippen LogP contribution in [0.2, 0.25) is 0 Å². The van der Waals surface area contributed by atoms with Crippen molar-refractivity contribution >= 4 is 23.5 Å². The normalized spacial score (nSPS) is 18.0. The average Bonchev–Trinajstić information content (AvgIpc) is 3.50. The number of hydrogen-bond acceptors (Lipinski definition) is 4. The molecule has 0 bridgehead atoms. The lowest BCUT2D eigenvalue weighted by atomic mass is 10.1. The Hall–Kier alpha value is -3.01. The van der Waals surface area contributed by atoms with Crippen LogP contribution in [-0.4, -0.2) is 27.4 Å². The van der Waals surface area contributed by atoms with E-state index in [2.05, 4.69) is 70.1 Å². The maximum atomic E-state index is 8.38. The fraction of sp³-hybridized carbons (Fsp3) is 0.250. The monoisotopic (exact) mass is 415 g/mol. The molecule has 152 valence electrons. The topological polar surface area (TPSA) is 69.4 Å². The van der Waals surface area contributed by atoms with E-state index in [0.29, 0.717) is 11.6 Å². The number of aromatic nitrogens is 3. The molecule has 6 heteroatoms. The first-order valence-electron chi connectivity index (χ1n) is 10.1. The number of nitriles is 1. The number of aromatic amines is 1. The minimum Gasteiger partial charge on any atom is -0.347 e. The summed E-state index contributed by atoms with van der Waals surface area (Å²) in [6, 6.07) is 18.7. The van der Waals surface area contributed by atoms with Crippen molar-refractivity contribution < 1.29 is 0 Å². The van der Waals surface area contributed by atoms with Gasteiger partial charge in [0.25, 0.3) is 0 Å². The molecular formula is C24H25N5S.